The smallest absolute Gasteiger partial charge is 0.330 e. The predicted octanol–water partition coefficient (Wildman–Crippen LogP) is 3.43. The SMILES string of the molecule is C=C(CCC(F)=Cc1ccc(OC)cc1)C(=O)O. The molecule has 0 aromatic heterocycles. The molecule has 0 saturated carbocycles. The van der Waals surface area contributed by atoms with Gasteiger partial charge in [0.1, 0.15) is 11.6 Å². The number of halogens is 1. The fraction of sp³-hybridized carbons (Fsp3) is 0.214. The highest BCUT2D eigenvalue weighted by atomic mass is 19.1. The Hall–Kier alpha value is -2.10. The summed E-state index contributed by atoms with van der Waals surface area (Å²) >= 11 is 0. The molecule has 1 aromatic rings. The number of carboxylic acid groups (broad SMARTS) is 1. The fourth-order valence-electron chi connectivity index (χ4n) is 1.33. The minimum absolute atomic E-state index is 0.00767. The van der Waals surface area contributed by atoms with Crippen molar-refractivity contribution in [2.24, 2.45) is 0 Å². The number of methoxy groups -OCH3 is 1. The molecule has 0 amide bonds. The van der Waals surface area contributed by atoms with Crippen molar-refractivity contribution in [1.82, 2.24) is 0 Å². The molecule has 1 aromatic carbocycles. The van der Waals surface area contributed by atoms with E-state index in [1.165, 1.54) is 6.08 Å². The standard InChI is InChI=1S/C14H15FO3/c1-10(14(16)17)3-6-12(15)9-11-4-7-13(18-2)8-5-11/h4-5,7-9H,1,3,6H2,2H3,(H,16,17). The molecule has 0 aliphatic rings. The summed E-state index contributed by atoms with van der Waals surface area (Å²) in [6.07, 6.45) is 1.51. The minimum Gasteiger partial charge on any atom is -0.497 e. The summed E-state index contributed by atoms with van der Waals surface area (Å²) in [4.78, 5) is 10.5. The zero-order chi connectivity index (χ0) is 13.5. The second-order valence-electron chi connectivity index (χ2n) is 3.77. The van der Waals surface area contributed by atoms with Gasteiger partial charge in [0.2, 0.25) is 0 Å². The van der Waals surface area contributed by atoms with E-state index in [1.54, 1.807) is 31.4 Å². The van der Waals surface area contributed by atoms with Crippen LogP contribution < -0.4 is 4.74 Å². The summed E-state index contributed by atoms with van der Waals surface area (Å²) in [6, 6.07) is 6.92. The number of benzene rings is 1. The molecule has 0 bridgehead atoms. The van der Waals surface area contributed by atoms with Crippen molar-refractivity contribution >= 4 is 12.0 Å². The van der Waals surface area contributed by atoms with Crippen molar-refractivity contribution in [3.8, 4) is 5.75 Å². The lowest BCUT2D eigenvalue weighted by atomic mass is 10.1. The average Bonchev–Trinajstić information content (AvgIpc) is 2.36. The van der Waals surface area contributed by atoms with Crippen molar-refractivity contribution in [3.05, 3.63) is 47.8 Å². The minimum atomic E-state index is -1.09. The first-order valence-electron chi connectivity index (χ1n) is 5.44. The second kappa shape index (κ2) is 6.59. The molecule has 0 unspecified atom stereocenters. The summed E-state index contributed by atoms with van der Waals surface area (Å²) < 4.78 is 18.5. The first-order chi connectivity index (χ1) is 8.52. The highest BCUT2D eigenvalue weighted by molar-refractivity contribution is 5.85. The molecule has 0 fully saturated rings. The van der Waals surface area contributed by atoms with Crippen LogP contribution in [0.2, 0.25) is 0 Å². The van der Waals surface area contributed by atoms with Gasteiger partial charge >= 0.3 is 5.97 Å². The molecule has 0 aliphatic heterocycles. The largest absolute Gasteiger partial charge is 0.497 e. The first kappa shape index (κ1) is 14.0. The van der Waals surface area contributed by atoms with E-state index in [9.17, 15) is 9.18 Å². The third kappa shape index (κ3) is 4.41. The van der Waals surface area contributed by atoms with Gasteiger partial charge in [-0.1, -0.05) is 18.7 Å². The van der Waals surface area contributed by atoms with E-state index in [4.69, 9.17) is 9.84 Å². The molecule has 0 radical (unpaired) electrons. The summed E-state index contributed by atoms with van der Waals surface area (Å²) in [5, 5.41) is 8.59. The highest BCUT2D eigenvalue weighted by Crippen LogP contribution is 2.18. The van der Waals surface area contributed by atoms with Crippen LogP contribution in [-0.2, 0) is 4.79 Å². The third-order valence-electron chi connectivity index (χ3n) is 2.41. The molecular weight excluding hydrogens is 235 g/mol. The van der Waals surface area contributed by atoms with Gasteiger partial charge in [0, 0.05) is 12.0 Å². The van der Waals surface area contributed by atoms with Crippen LogP contribution in [0.5, 0.6) is 5.75 Å². The maximum Gasteiger partial charge on any atom is 0.330 e. The summed E-state index contributed by atoms with van der Waals surface area (Å²) in [5.74, 6) is -0.762. The zero-order valence-corrected chi connectivity index (χ0v) is 10.1. The molecule has 0 aliphatic carbocycles. The van der Waals surface area contributed by atoms with Crippen molar-refractivity contribution in [2.45, 2.75) is 12.8 Å². The van der Waals surface area contributed by atoms with Crippen molar-refractivity contribution in [1.29, 1.82) is 0 Å². The van der Waals surface area contributed by atoms with Crippen molar-refractivity contribution in [3.63, 3.8) is 0 Å². The molecule has 18 heavy (non-hydrogen) atoms. The van der Waals surface area contributed by atoms with E-state index in [0.717, 1.165) is 0 Å². The van der Waals surface area contributed by atoms with Gasteiger partial charge in [-0.2, -0.15) is 0 Å². The van der Waals surface area contributed by atoms with Crippen LogP contribution in [0.1, 0.15) is 18.4 Å². The summed E-state index contributed by atoms with van der Waals surface area (Å²) in [6.45, 7) is 3.35. The number of allylic oxidation sites excluding steroid dienone is 1. The number of hydrogen-bond acceptors (Lipinski definition) is 2. The third-order valence-corrected chi connectivity index (χ3v) is 2.41. The molecule has 3 nitrogen and oxygen atoms in total. The maximum absolute atomic E-state index is 13.5. The maximum atomic E-state index is 13.5. The normalized spacial score (nSPS) is 11.1. The van der Waals surface area contributed by atoms with Crippen LogP contribution >= 0.6 is 0 Å². The Labute approximate surface area is 105 Å². The molecule has 4 heteroatoms. The number of carbonyl (C=O) groups is 1. The molecule has 0 atom stereocenters. The van der Waals surface area contributed by atoms with E-state index in [1.807, 2.05) is 0 Å². The van der Waals surface area contributed by atoms with Gasteiger partial charge in [0.25, 0.3) is 0 Å². The van der Waals surface area contributed by atoms with Crippen LogP contribution in [0, 0.1) is 0 Å². The van der Waals surface area contributed by atoms with Gasteiger partial charge in [0.05, 0.1) is 7.11 Å². The van der Waals surface area contributed by atoms with Gasteiger partial charge in [-0.05, 0) is 30.2 Å². The predicted molar refractivity (Wildman–Crippen MR) is 68.1 cm³/mol. The summed E-state index contributed by atoms with van der Waals surface area (Å²) in [5.41, 5.74) is 0.711. The summed E-state index contributed by atoms with van der Waals surface area (Å²) in [7, 11) is 1.56. The Morgan fingerprint density at radius 2 is 2.00 bits per heavy atom. The number of ether oxygens (including phenoxy) is 1. The highest BCUT2D eigenvalue weighted by Gasteiger charge is 2.05. The number of rotatable bonds is 6. The molecule has 0 spiro atoms. The van der Waals surface area contributed by atoms with E-state index in [2.05, 4.69) is 6.58 Å². The zero-order valence-electron chi connectivity index (χ0n) is 10.1. The molecule has 96 valence electrons. The van der Waals surface area contributed by atoms with Gasteiger partial charge in [-0.25, -0.2) is 9.18 Å². The molecule has 1 rings (SSSR count). The van der Waals surface area contributed by atoms with Crippen LogP contribution in [0.15, 0.2) is 42.2 Å². The quantitative estimate of drug-likeness (QED) is 0.787. The van der Waals surface area contributed by atoms with Crippen LogP contribution in [-0.4, -0.2) is 18.2 Å². The Bertz CT molecular complexity index is 460. The lowest BCUT2D eigenvalue weighted by molar-refractivity contribution is -0.132. The van der Waals surface area contributed by atoms with Gasteiger partial charge in [-0.3, -0.25) is 0 Å². The van der Waals surface area contributed by atoms with Gasteiger partial charge in [0.15, 0.2) is 0 Å². The number of hydrogen-bond donors (Lipinski definition) is 1. The van der Waals surface area contributed by atoms with Gasteiger partial charge < -0.3 is 9.84 Å². The molecule has 0 heterocycles. The van der Waals surface area contributed by atoms with Crippen molar-refractivity contribution < 1.29 is 19.0 Å². The average molecular weight is 250 g/mol. The van der Waals surface area contributed by atoms with Crippen LogP contribution in [0.25, 0.3) is 6.08 Å². The Kier molecular flexibility index (Phi) is 5.11. The molecule has 1 N–H and O–H groups in total. The Morgan fingerprint density at radius 1 is 1.39 bits per heavy atom. The topological polar surface area (TPSA) is 46.5 Å². The number of carboxylic acids is 1. The first-order valence-corrected chi connectivity index (χ1v) is 5.44. The second-order valence-corrected chi connectivity index (χ2v) is 3.77. The lowest BCUT2D eigenvalue weighted by Crippen LogP contribution is -1.98. The molecule has 0 saturated heterocycles. The fourth-order valence-corrected chi connectivity index (χ4v) is 1.33. The Morgan fingerprint density at radius 3 is 2.50 bits per heavy atom. The van der Waals surface area contributed by atoms with Crippen LogP contribution in [0.3, 0.4) is 0 Å². The van der Waals surface area contributed by atoms with Crippen molar-refractivity contribution in [2.75, 3.05) is 7.11 Å². The van der Waals surface area contributed by atoms with Gasteiger partial charge in [-0.15, -0.1) is 0 Å². The molecular formula is C14H15FO3. The van der Waals surface area contributed by atoms with E-state index in [-0.39, 0.29) is 24.2 Å². The Balaban J connectivity index is 2.59. The number of aliphatic carboxylic acids is 1. The lowest BCUT2D eigenvalue weighted by Gasteiger charge is -2.01. The van der Waals surface area contributed by atoms with E-state index < -0.39 is 5.97 Å². The monoisotopic (exact) mass is 250 g/mol. The van der Waals surface area contributed by atoms with Crippen LogP contribution in [0.4, 0.5) is 4.39 Å². The van der Waals surface area contributed by atoms with E-state index >= 15 is 0 Å². The van der Waals surface area contributed by atoms with E-state index in [0.29, 0.717) is 11.3 Å².